The third kappa shape index (κ3) is 3.39. The van der Waals surface area contributed by atoms with Gasteiger partial charge in [-0.3, -0.25) is 10.1 Å². The maximum atomic E-state index is 12.2. The van der Waals surface area contributed by atoms with Gasteiger partial charge in [0, 0.05) is 0 Å². The van der Waals surface area contributed by atoms with Crippen molar-refractivity contribution in [2.75, 3.05) is 6.54 Å². The molecule has 3 rings (SSSR count). The van der Waals surface area contributed by atoms with Crippen LogP contribution in [0.15, 0.2) is 47.1 Å². The smallest absolute Gasteiger partial charge is 0.234 e. The fraction of sp³-hybridized carbons (Fsp3) is 0.389. The van der Waals surface area contributed by atoms with Gasteiger partial charge in [-0.05, 0) is 49.4 Å². The summed E-state index contributed by atoms with van der Waals surface area (Å²) >= 11 is 0. The standard InChI is InChI=1S/C18H22N2O2/c1-13(17-10-5-11-22-17)19-12-18(21)20-16-9-4-7-14-6-2-3-8-15(14)16/h2-3,5-6,8,10-11,13,16,19H,4,7,9,12H2,1H3,(H,20,21)/t13-,16-/m0/s1. The minimum absolute atomic E-state index is 0.0272. The number of rotatable bonds is 5. The van der Waals surface area contributed by atoms with E-state index in [-0.39, 0.29) is 18.0 Å². The van der Waals surface area contributed by atoms with Crippen LogP contribution in [0.3, 0.4) is 0 Å². The molecule has 1 heterocycles. The molecule has 2 N–H and O–H groups in total. The number of fused-ring (bicyclic) bond motifs is 1. The Kier molecular flexibility index (Phi) is 4.59. The Balaban J connectivity index is 1.54. The molecule has 0 aliphatic heterocycles. The summed E-state index contributed by atoms with van der Waals surface area (Å²) in [6.45, 7) is 2.28. The van der Waals surface area contributed by atoms with Crippen LogP contribution < -0.4 is 10.6 Å². The SMILES string of the molecule is C[C@H](NCC(=O)N[C@H]1CCCc2ccccc21)c1ccco1. The van der Waals surface area contributed by atoms with Crippen LogP contribution in [0, 0.1) is 0 Å². The Labute approximate surface area is 130 Å². The second-order valence-corrected chi connectivity index (χ2v) is 5.83. The van der Waals surface area contributed by atoms with E-state index in [2.05, 4.69) is 28.8 Å². The van der Waals surface area contributed by atoms with Gasteiger partial charge < -0.3 is 9.73 Å². The fourth-order valence-electron chi connectivity index (χ4n) is 3.03. The Morgan fingerprint density at radius 1 is 1.32 bits per heavy atom. The van der Waals surface area contributed by atoms with E-state index < -0.39 is 0 Å². The molecule has 0 bridgehead atoms. The van der Waals surface area contributed by atoms with Crippen LogP contribution in [0.25, 0.3) is 0 Å². The zero-order valence-electron chi connectivity index (χ0n) is 12.8. The molecule has 1 aliphatic carbocycles. The first-order chi connectivity index (χ1) is 10.7. The van der Waals surface area contributed by atoms with Gasteiger partial charge in [0.15, 0.2) is 0 Å². The molecule has 0 radical (unpaired) electrons. The quantitative estimate of drug-likeness (QED) is 0.891. The van der Waals surface area contributed by atoms with Crippen molar-refractivity contribution in [2.45, 2.75) is 38.3 Å². The lowest BCUT2D eigenvalue weighted by molar-refractivity contribution is -0.121. The molecule has 4 nitrogen and oxygen atoms in total. The second kappa shape index (κ2) is 6.79. The molecule has 4 heteroatoms. The molecule has 0 saturated heterocycles. The van der Waals surface area contributed by atoms with Crippen molar-refractivity contribution in [3.63, 3.8) is 0 Å². The summed E-state index contributed by atoms with van der Waals surface area (Å²) in [5.41, 5.74) is 2.62. The Bertz CT molecular complexity index is 622. The van der Waals surface area contributed by atoms with E-state index in [9.17, 15) is 4.79 Å². The number of furan rings is 1. The van der Waals surface area contributed by atoms with Gasteiger partial charge in [-0.1, -0.05) is 24.3 Å². The molecule has 1 aliphatic rings. The third-order valence-corrected chi connectivity index (χ3v) is 4.24. The first-order valence-electron chi connectivity index (χ1n) is 7.88. The maximum Gasteiger partial charge on any atom is 0.234 e. The van der Waals surface area contributed by atoms with Gasteiger partial charge in [-0.2, -0.15) is 0 Å². The van der Waals surface area contributed by atoms with Crippen molar-refractivity contribution >= 4 is 5.91 Å². The first kappa shape index (κ1) is 14.9. The molecule has 116 valence electrons. The molecule has 1 aromatic carbocycles. The van der Waals surface area contributed by atoms with E-state index in [0.717, 1.165) is 25.0 Å². The minimum atomic E-state index is 0.0272. The lowest BCUT2D eigenvalue weighted by Gasteiger charge is -2.26. The number of benzene rings is 1. The molecule has 0 fully saturated rings. The summed E-state index contributed by atoms with van der Waals surface area (Å²) in [5, 5.41) is 6.34. The van der Waals surface area contributed by atoms with Crippen LogP contribution in [0.4, 0.5) is 0 Å². The number of carbonyl (C=O) groups excluding carboxylic acids is 1. The van der Waals surface area contributed by atoms with Crippen molar-refractivity contribution in [3.8, 4) is 0 Å². The van der Waals surface area contributed by atoms with Gasteiger partial charge in [0.25, 0.3) is 0 Å². The third-order valence-electron chi connectivity index (χ3n) is 4.24. The molecule has 1 aromatic heterocycles. The molecule has 0 unspecified atom stereocenters. The fourth-order valence-corrected chi connectivity index (χ4v) is 3.03. The Hall–Kier alpha value is -2.07. The van der Waals surface area contributed by atoms with E-state index in [1.165, 1.54) is 11.1 Å². The predicted molar refractivity (Wildman–Crippen MR) is 85.4 cm³/mol. The van der Waals surface area contributed by atoms with Crippen LogP contribution >= 0.6 is 0 Å². The van der Waals surface area contributed by atoms with E-state index >= 15 is 0 Å². The number of hydrogen-bond donors (Lipinski definition) is 2. The normalized spacial score (nSPS) is 18.5. The summed E-state index contributed by atoms with van der Waals surface area (Å²) < 4.78 is 5.33. The van der Waals surface area contributed by atoms with Crippen molar-refractivity contribution in [2.24, 2.45) is 0 Å². The molecule has 0 saturated carbocycles. The average Bonchev–Trinajstić information content (AvgIpc) is 3.07. The summed E-state index contributed by atoms with van der Waals surface area (Å²) in [6, 6.07) is 12.3. The number of carbonyl (C=O) groups is 1. The molecular weight excluding hydrogens is 276 g/mol. The molecule has 0 spiro atoms. The molecule has 1 amide bonds. The van der Waals surface area contributed by atoms with Crippen LogP contribution in [0.5, 0.6) is 0 Å². The summed E-state index contributed by atoms with van der Waals surface area (Å²) in [4.78, 5) is 12.2. The monoisotopic (exact) mass is 298 g/mol. The topological polar surface area (TPSA) is 54.3 Å². The summed E-state index contributed by atoms with van der Waals surface area (Å²) in [6.07, 6.45) is 4.89. The summed E-state index contributed by atoms with van der Waals surface area (Å²) in [5.74, 6) is 0.871. The highest BCUT2D eigenvalue weighted by molar-refractivity contribution is 5.78. The average molecular weight is 298 g/mol. The Morgan fingerprint density at radius 3 is 3.00 bits per heavy atom. The largest absolute Gasteiger partial charge is 0.468 e. The molecule has 22 heavy (non-hydrogen) atoms. The number of nitrogens with one attached hydrogen (secondary N) is 2. The first-order valence-corrected chi connectivity index (χ1v) is 7.88. The Morgan fingerprint density at radius 2 is 2.18 bits per heavy atom. The van der Waals surface area contributed by atoms with E-state index in [4.69, 9.17) is 4.42 Å². The number of amides is 1. The van der Waals surface area contributed by atoms with Gasteiger partial charge in [0.2, 0.25) is 5.91 Å². The zero-order chi connectivity index (χ0) is 15.4. The zero-order valence-corrected chi connectivity index (χ0v) is 12.8. The number of hydrogen-bond acceptors (Lipinski definition) is 3. The van der Waals surface area contributed by atoms with Crippen LogP contribution in [-0.2, 0) is 11.2 Å². The highest BCUT2D eigenvalue weighted by Crippen LogP contribution is 2.29. The lowest BCUT2D eigenvalue weighted by Crippen LogP contribution is -2.38. The van der Waals surface area contributed by atoms with Gasteiger partial charge in [-0.25, -0.2) is 0 Å². The van der Waals surface area contributed by atoms with E-state index in [1.807, 2.05) is 25.1 Å². The summed E-state index contributed by atoms with van der Waals surface area (Å²) in [7, 11) is 0. The van der Waals surface area contributed by atoms with Gasteiger partial charge in [0.05, 0.1) is 24.9 Å². The van der Waals surface area contributed by atoms with Gasteiger partial charge >= 0.3 is 0 Å². The van der Waals surface area contributed by atoms with Crippen LogP contribution in [0.2, 0.25) is 0 Å². The van der Waals surface area contributed by atoms with Crippen LogP contribution in [0.1, 0.15) is 48.7 Å². The highest BCUT2D eigenvalue weighted by atomic mass is 16.3. The molecule has 2 aromatic rings. The highest BCUT2D eigenvalue weighted by Gasteiger charge is 2.21. The van der Waals surface area contributed by atoms with Crippen molar-refractivity contribution in [1.29, 1.82) is 0 Å². The van der Waals surface area contributed by atoms with Gasteiger partial charge in [-0.15, -0.1) is 0 Å². The van der Waals surface area contributed by atoms with Crippen molar-refractivity contribution < 1.29 is 9.21 Å². The van der Waals surface area contributed by atoms with E-state index in [1.54, 1.807) is 6.26 Å². The minimum Gasteiger partial charge on any atom is -0.468 e. The second-order valence-electron chi connectivity index (χ2n) is 5.83. The lowest BCUT2D eigenvalue weighted by atomic mass is 9.88. The van der Waals surface area contributed by atoms with E-state index in [0.29, 0.717) is 6.54 Å². The predicted octanol–water partition coefficient (Wildman–Crippen LogP) is 3.12. The maximum absolute atomic E-state index is 12.2. The van der Waals surface area contributed by atoms with Crippen molar-refractivity contribution in [3.05, 3.63) is 59.5 Å². The van der Waals surface area contributed by atoms with Crippen LogP contribution in [-0.4, -0.2) is 12.5 Å². The number of aryl methyl sites for hydroxylation is 1. The molecular formula is C18H22N2O2. The molecule has 2 atom stereocenters. The van der Waals surface area contributed by atoms with Gasteiger partial charge in [0.1, 0.15) is 5.76 Å². The van der Waals surface area contributed by atoms with Crippen molar-refractivity contribution in [1.82, 2.24) is 10.6 Å².